The van der Waals surface area contributed by atoms with Crippen LogP contribution in [0.2, 0.25) is 0 Å². The Kier molecular flexibility index (Phi) is 18.1. The van der Waals surface area contributed by atoms with E-state index in [1.807, 2.05) is 0 Å². The molecule has 10 heteroatoms. The van der Waals surface area contributed by atoms with Crippen molar-refractivity contribution >= 4 is 35.9 Å². The van der Waals surface area contributed by atoms with Crippen molar-refractivity contribution in [3.63, 3.8) is 0 Å². The summed E-state index contributed by atoms with van der Waals surface area (Å²) in [5.41, 5.74) is 0. The minimum Gasteiger partial charge on any atom is -0.275 e. The molecule has 164 valence electrons. The summed E-state index contributed by atoms with van der Waals surface area (Å²) in [6.07, 6.45) is 12.0. The van der Waals surface area contributed by atoms with Crippen molar-refractivity contribution in [1.82, 2.24) is 9.80 Å². The molecule has 0 aromatic heterocycles. The van der Waals surface area contributed by atoms with Crippen molar-refractivity contribution in [2.45, 2.75) is 52.4 Å². The first-order valence-corrected chi connectivity index (χ1v) is 9.40. The van der Waals surface area contributed by atoms with Crippen LogP contribution in [0.25, 0.3) is 0 Å². The standard InChI is InChI=1S/2C9H13NO2.2CO2/c2*1-2-3-4-7-10-8(11)5-6-9(10)12;2*2-1-3/h2*5-6H,2-4,7H2,1H3;;. The number of hydrogen-bond donors (Lipinski definition) is 0. The molecule has 0 fully saturated rings. The van der Waals surface area contributed by atoms with Crippen LogP contribution in [-0.2, 0) is 38.4 Å². The molecule has 0 aromatic rings. The van der Waals surface area contributed by atoms with Gasteiger partial charge in [0, 0.05) is 37.4 Å². The lowest BCUT2D eigenvalue weighted by Crippen LogP contribution is -2.30. The second-order valence-corrected chi connectivity index (χ2v) is 5.90. The summed E-state index contributed by atoms with van der Waals surface area (Å²) in [7, 11) is 0. The molecule has 0 saturated carbocycles. The van der Waals surface area contributed by atoms with Gasteiger partial charge in [0.15, 0.2) is 0 Å². The predicted molar refractivity (Wildman–Crippen MR) is 101 cm³/mol. The van der Waals surface area contributed by atoms with E-state index >= 15 is 0 Å². The highest BCUT2D eigenvalue weighted by molar-refractivity contribution is 6.13. The van der Waals surface area contributed by atoms with Crippen molar-refractivity contribution < 1.29 is 38.4 Å². The Bertz CT molecular complexity index is 604. The fraction of sp³-hybridized carbons (Fsp3) is 0.500. The van der Waals surface area contributed by atoms with Crippen LogP contribution in [0.15, 0.2) is 24.3 Å². The Labute approximate surface area is 174 Å². The lowest BCUT2D eigenvalue weighted by molar-refractivity contribution is -0.193. The van der Waals surface area contributed by atoms with Gasteiger partial charge in [-0.25, -0.2) is 0 Å². The van der Waals surface area contributed by atoms with E-state index in [4.69, 9.17) is 19.2 Å². The van der Waals surface area contributed by atoms with Crippen LogP contribution in [0.3, 0.4) is 0 Å². The van der Waals surface area contributed by atoms with Gasteiger partial charge in [0.2, 0.25) is 0 Å². The minimum absolute atomic E-state index is 0.170. The maximum Gasteiger partial charge on any atom is 0.373 e. The third-order valence-corrected chi connectivity index (χ3v) is 3.77. The lowest BCUT2D eigenvalue weighted by Gasteiger charge is -2.12. The fourth-order valence-corrected chi connectivity index (χ4v) is 2.34. The smallest absolute Gasteiger partial charge is 0.275 e. The van der Waals surface area contributed by atoms with E-state index < -0.39 is 0 Å². The van der Waals surface area contributed by atoms with Gasteiger partial charge < -0.3 is 0 Å². The second-order valence-electron chi connectivity index (χ2n) is 5.90. The first kappa shape index (κ1) is 28.7. The van der Waals surface area contributed by atoms with Gasteiger partial charge in [-0.15, -0.1) is 0 Å². The average Bonchev–Trinajstić information content (AvgIpc) is 3.20. The van der Waals surface area contributed by atoms with Crippen molar-refractivity contribution in [1.29, 1.82) is 0 Å². The van der Waals surface area contributed by atoms with Crippen molar-refractivity contribution in [2.24, 2.45) is 0 Å². The SMILES string of the molecule is CCCCCN1C(=O)C=CC1=O.CCCCCN1C(=O)C=CC1=O.O=C=O.O=C=O. The third kappa shape index (κ3) is 12.8. The van der Waals surface area contributed by atoms with Crippen LogP contribution in [0.4, 0.5) is 0 Å². The van der Waals surface area contributed by atoms with Gasteiger partial charge in [0.05, 0.1) is 0 Å². The molecule has 0 atom stereocenters. The molecule has 0 bridgehead atoms. The van der Waals surface area contributed by atoms with Crippen molar-refractivity contribution in [3.8, 4) is 0 Å². The minimum atomic E-state index is -0.170. The molecule has 2 aliphatic heterocycles. The Morgan fingerprint density at radius 1 is 0.567 bits per heavy atom. The monoisotopic (exact) mass is 422 g/mol. The number of unbranched alkanes of at least 4 members (excludes halogenated alkanes) is 4. The molecular weight excluding hydrogens is 396 g/mol. The normalized spacial score (nSPS) is 13.5. The summed E-state index contributed by atoms with van der Waals surface area (Å²) < 4.78 is 0. The van der Waals surface area contributed by atoms with Gasteiger partial charge in [0.1, 0.15) is 0 Å². The van der Waals surface area contributed by atoms with E-state index in [0.717, 1.165) is 38.5 Å². The summed E-state index contributed by atoms with van der Waals surface area (Å²) in [6, 6.07) is 0. The number of amides is 4. The summed E-state index contributed by atoms with van der Waals surface area (Å²) >= 11 is 0. The number of carbonyl (C=O) groups is 4. The summed E-state index contributed by atoms with van der Waals surface area (Å²) in [4.78, 5) is 79.1. The molecule has 10 nitrogen and oxygen atoms in total. The fourth-order valence-electron chi connectivity index (χ4n) is 2.34. The lowest BCUT2D eigenvalue weighted by atomic mass is 10.2. The van der Waals surface area contributed by atoms with Crippen molar-refractivity contribution in [3.05, 3.63) is 24.3 Å². The first-order chi connectivity index (χ1) is 14.3. The van der Waals surface area contributed by atoms with E-state index in [1.54, 1.807) is 0 Å². The molecule has 0 saturated heterocycles. The van der Waals surface area contributed by atoms with E-state index in [1.165, 1.54) is 34.1 Å². The topological polar surface area (TPSA) is 143 Å². The predicted octanol–water partition coefficient (Wildman–Crippen LogP) is 1.04. The maximum absolute atomic E-state index is 11.0. The average molecular weight is 422 g/mol. The zero-order valence-corrected chi connectivity index (χ0v) is 17.1. The molecule has 30 heavy (non-hydrogen) atoms. The number of rotatable bonds is 8. The number of hydrogen-bond acceptors (Lipinski definition) is 8. The quantitative estimate of drug-likeness (QED) is 0.417. The molecule has 0 radical (unpaired) electrons. The molecule has 2 aliphatic rings. The number of nitrogens with zero attached hydrogens (tertiary/aromatic N) is 2. The summed E-state index contributed by atoms with van der Waals surface area (Å²) in [5, 5.41) is 0. The van der Waals surface area contributed by atoms with E-state index in [0.29, 0.717) is 13.1 Å². The molecule has 0 aromatic carbocycles. The van der Waals surface area contributed by atoms with Gasteiger partial charge >= 0.3 is 12.3 Å². The van der Waals surface area contributed by atoms with Gasteiger partial charge in [-0.1, -0.05) is 39.5 Å². The first-order valence-electron chi connectivity index (χ1n) is 9.40. The summed E-state index contributed by atoms with van der Waals surface area (Å²) in [5.74, 6) is -0.681. The molecule has 2 rings (SSSR count). The van der Waals surface area contributed by atoms with Crippen LogP contribution in [0.1, 0.15) is 52.4 Å². The summed E-state index contributed by atoms with van der Waals surface area (Å²) in [6.45, 7) is 5.31. The van der Waals surface area contributed by atoms with Crippen LogP contribution in [-0.4, -0.2) is 58.8 Å². The molecule has 4 amide bonds. The Hall–Kier alpha value is -3.48. The largest absolute Gasteiger partial charge is 0.373 e. The Morgan fingerprint density at radius 2 is 0.800 bits per heavy atom. The van der Waals surface area contributed by atoms with E-state index in [9.17, 15) is 19.2 Å². The van der Waals surface area contributed by atoms with Crippen LogP contribution >= 0.6 is 0 Å². The maximum atomic E-state index is 11.0. The molecule has 2 heterocycles. The highest BCUT2D eigenvalue weighted by Crippen LogP contribution is 2.06. The second kappa shape index (κ2) is 18.9. The van der Waals surface area contributed by atoms with Crippen molar-refractivity contribution in [2.75, 3.05) is 13.1 Å². The van der Waals surface area contributed by atoms with E-state index in [2.05, 4.69) is 13.8 Å². The van der Waals surface area contributed by atoms with Crippen LogP contribution in [0.5, 0.6) is 0 Å². The molecular formula is C20H26N2O8. The van der Waals surface area contributed by atoms with Crippen LogP contribution < -0.4 is 0 Å². The van der Waals surface area contributed by atoms with E-state index in [-0.39, 0.29) is 35.9 Å². The number of carbonyl (C=O) groups excluding carboxylic acids is 8. The Balaban J connectivity index is 0. The highest BCUT2D eigenvalue weighted by atomic mass is 16.2. The Morgan fingerprint density at radius 3 is 1.00 bits per heavy atom. The van der Waals surface area contributed by atoms with Gasteiger partial charge in [0.25, 0.3) is 23.6 Å². The zero-order chi connectivity index (χ0) is 23.4. The van der Waals surface area contributed by atoms with Crippen LogP contribution in [0, 0.1) is 0 Å². The highest BCUT2D eigenvalue weighted by Gasteiger charge is 2.22. The molecule has 0 unspecified atom stereocenters. The number of imide groups is 2. The van der Waals surface area contributed by atoms with Gasteiger partial charge in [-0.05, 0) is 12.8 Å². The molecule has 0 N–H and O–H groups in total. The molecule has 0 aliphatic carbocycles. The van der Waals surface area contributed by atoms with Gasteiger partial charge in [-0.3, -0.25) is 29.0 Å². The zero-order valence-electron chi connectivity index (χ0n) is 17.1. The molecule has 0 spiro atoms. The third-order valence-electron chi connectivity index (χ3n) is 3.77. The van der Waals surface area contributed by atoms with Gasteiger partial charge in [-0.2, -0.15) is 19.2 Å².